The van der Waals surface area contributed by atoms with Gasteiger partial charge in [0.05, 0.1) is 10.0 Å². The number of hydrogen-bond acceptors (Lipinski definition) is 4. The number of aliphatic hydroxyl groups excluding tert-OH is 1. The molecule has 0 aliphatic carbocycles. The lowest BCUT2D eigenvalue weighted by Crippen LogP contribution is -2.05. The number of halogens is 2. The fourth-order valence-electron chi connectivity index (χ4n) is 1.33. The summed E-state index contributed by atoms with van der Waals surface area (Å²) in [6.45, 7) is 5.10. The summed E-state index contributed by atoms with van der Waals surface area (Å²) < 4.78 is 0. The Morgan fingerprint density at radius 3 is 2.78 bits per heavy atom. The van der Waals surface area contributed by atoms with Crippen LogP contribution in [0.5, 0.6) is 0 Å². The van der Waals surface area contributed by atoms with Crippen molar-refractivity contribution in [3.05, 3.63) is 16.1 Å². The molecule has 1 atom stereocenters. The van der Waals surface area contributed by atoms with Gasteiger partial charge in [0.1, 0.15) is 10.8 Å². The lowest BCUT2D eigenvalue weighted by molar-refractivity contribution is 0.289. The number of aromatic nitrogens is 1. The molecule has 3 nitrogen and oxygen atoms in total. The van der Waals surface area contributed by atoms with Crippen molar-refractivity contribution in [2.24, 2.45) is 0 Å². The van der Waals surface area contributed by atoms with Crippen molar-refractivity contribution in [3.8, 4) is 0 Å². The molecule has 1 heterocycles. The smallest absolute Gasteiger partial charge is 0.146 e. The van der Waals surface area contributed by atoms with Gasteiger partial charge in [0, 0.05) is 18.4 Å². The third kappa shape index (κ3) is 4.84. The number of hydrogen-bond donors (Lipinski definition) is 2. The van der Waals surface area contributed by atoms with Crippen molar-refractivity contribution in [2.45, 2.75) is 37.0 Å². The highest BCUT2D eigenvalue weighted by Crippen LogP contribution is 2.34. The molecule has 0 amide bonds. The van der Waals surface area contributed by atoms with Crippen molar-refractivity contribution in [3.63, 3.8) is 0 Å². The molecule has 1 aromatic rings. The molecule has 0 bridgehead atoms. The minimum absolute atomic E-state index is 0.167. The maximum atomic E-state index is 8.90. The first-order chi connectivity index (χ1) is 8.58. The zero-order chi connectivity index (χ0) is 13.5. The monoisotopic (exact) mass is 308 g/mol. The van der Waals surface area contributed by atoms with Gasteiger partial charge in [0.15, 0.2) is 0 Å². The SMILES string of the molecule is CCCNc1nc(SC(C)CCO)c(Cl)cc1Cl. The minimum atomic E-state index is 0.167. The van der Waals surface area contributed by atoms with Crippen LogP contribution in [0.2, 0.25) is 10.0 Å². The highest BCUT2D eigenvalue weighted by atomic mass is 35.5. The lowest BCUT2D eigenvalue weighted by Gasteiger charge is -2.13. The van der Waals surface area contributed by atoms with Gasteiger partial charge < -0.3 is 10.4 Å². The number of rotatable bonds is 7. The molecule has 0 aliphatic heterocycles. The van der Waals surface area contributed by atoms with Gasteiger partial charge in [-0.25, -0.2) is 4.98 Å². The van der Waals surface area contributed by atoms with Crippen molar-refractivity contribution >= 4 is 40.8 Å². The fourth-order valence-corrected chi connectivity index (χ4v) is 2.81. The summed E-state index contributed by atoms with van der Waals surface area (Å²) in [5, 5.41) is 14.2. The Bertz CT molecular complexity index is 391. The molecule has 0 spiro atoms. The predicted octanol–water partition coefficient (Wildman–Crippen LogP) is 4.07. The van der Waals surface area contributed by atoms with Crippen LogP contribution in [0.3, 0.4) is 0 Å². The van der Waals surface area contributed by atoms with Crippen molar-refractivity contribution in [1.29, 1.82) is 0 Å². The number of pyridine rings is 1. The van der Waals surface area contributed by atoms with Gasteiger partial charge in [-0.15, -0.1) is 11.8 Å². The second-order valence-corrected chi connectivity index (χ2v) is 6.21. The van der Waals surface area contributed by atoms with Crippen LogP contribution in [-0.4, -0.2) is 28.5 Å². The minimum Gasteiger partial charge on any atom is -0.396 e. The molecular weight excluding hydrogens is 291 g/mol. The van der Waals surface area contributed by atoms with Crippen molar-refractivity contribution in [1.82, 2.24) is 4.98 Å². The van der Waals surface area contributed by atoms with Gasteiger partial charge in [-0.3, -0.25) is 0 Å². The second kappa shape index (κ2) is 8.10. The Morgan fingerprint density at radius 1 is 1.44 bits per heavy atom. The number of nitrogens with one attached hydrogen (secondary N) is 1. The van der Waals surface area contributed by atoms with Crippen LogP contribution in [0.15, 0.2) is 11.1 Å². The normalized spacial score (nSPS) is 12.5. The van der Waals surface area contributed by atoms with Crippen molar-refractivity contribution < 1.29 is 5.11 Å². The van der Waals surface area contributed by atoms with E-state index in [2.05, 4.69) is 17.2 Å². The van der Waals surface area contributed by atoms with E-state index in [0.717, 1.165) is 18.0 Å². The summed E-state index contributed by atoms with van der Waals surface area (Å²) >= 11 is 13.7. The molecule has 0 saturated heterocycles. The number of anilines is 1. The average Bonchev–Trinajstić information content (AvgIpc) is 2.31. The first-order valence-electron chi connectivity index (χ1n) is 5.95. The van der Waals surface area contributed by atoms with E-state index >= 15 is 0 Å². The zero-order valence-electron chi connectivity index (χ0n) is 10.5. The molecule has 102 valence electrons. The molecule has 0 aliphatic rings. The Labute approximate surface area is 122 Å². The van der Waals surface area contributed by atoms with Gasteiger partial charge in [0.2, 0.25) is 0 Å². The van der Waals surface area contributed by atoms with Crippen LogP contribution in [-0.2, 0) is 0 Å². The molecule has 1 unspecified atom stereocenters. The summed E-state index contributed by atoms with van der Waals surface area (Å²) in [4.78, 5) is 4.44. The first kappa shape index (κ1) is 15.9. The Hall–Kier alpha value is -0.160. The summed E-state index contributed by atoms with van der Waals surface area (Å²) in [7, 11) is 0. The van der Waals surface area contributed by atoms with E-state index in [4.69, 9.17) is 28.3 Å². The molecule has 18 heavy (non-hydrogen) atoms. The quantitative estimate of drug-likeness (QED) is 0.745. The maximum absolute atomic E-state index is 8.90. The van der Waals surface area contributed by atoms with E-state index < -0.39 is 0 Å². The van der Waals surface area contributed by atoms with Crippen LogP contribution in [0.4, 0.5) is 5.82 Å². The van der Waals surface area contributed by atoms with Crippen LogP contribution >= 0.6 is 35.0 Å². The van der Waals surface area contributed by atoms with E-state index in [0.29, 0.717) is 22.3 Å². The molecule has 0 radical (unpaired) electrons. The van der Waals surface area contributed by atoms with Gasteiger partial charge in [-0.05, 0) is 18.9 Å². The third-order valence-electron chi connectivity index (χ3n) is 2.29. The highest BCUT2D eigenvalue weighted by Gasteiger charge is 2.12. The number of aliphatic hydroxyl groups is 1. The van der Waals surface area contributed by atoms with Gasteiger partial charge in [-0.2, -0.15) is 0 Å². The van der Waals surface area contributed by atoms with E-state index in [-0.39, 0.29) is 11.9 Å². The Kier molecular flexibility index (Phi) is 7.15. The molecule has 0 saturated carbocycles. The summed E-state index contributed by atoms with van der Waals surface area (Å²) in [6, 6.07) is 1.71. The molecule has 0 fully saturated rings. The highest BCUT2D eigenvalue weighted by molar-refractivity contribution is 7.99. The van der Waals surface area contributed by atoms with Crippen LogP contribution in [0.25, 0.3) is 0 Å². The van der Waals surface area contributed by atoms with Crippen LogP contribution in [0.1, 0.15) is 26.7 Å². The van der Waals surface area contributed by atoms with Crippen LogP contribution < -0.4 is 5.32 Å². The zero-order valence-corrected chi connectivity index (χ0v) is 12.9. The first-order valence-corrected chi connectivity index (χ1v) is 7.59. The van der Waals surface area contributed by atoms with Crippen LogP contribution in [0, 0.1) is 0 Å². The lowest BCUT2D eigenvalue weighted by atomic mass is 10.3. The van der Waals surface area contributed by atoms with E-state index in [1.165, 1.54) is 0 Å². The second-order valence-electron chi connectivity index (χ2n) is 3.97. The van der Waals surface area contributed by atoms with Crippen molar-refractivity contribution in [2.75, 3.05) is 18.5 Å². The Balaban J connectivity index is 2.83. The fraction of sp³-hybridized carbons (Fsp3) is 0.583. The van der Waals surface area contributed by atoms with E-state index in [1.807, 2.05) is 6.92 Å². The predicted molar refractivity (Wildman–Crippen MR) is 80.1 cm³/mol. The maximum Gasteiger partial charge on any atom is 0.146 e. The topological polar surface area (TPSA) is 45.2 Å². The summed E-state index contributed by atoms with van der Waals surface area (Å²) in [5.41, 5.74) is 0. The summed E-state index contributed by atoms with van der Waals surface area (Å²) in [6.07, 6.45) is 1.72. The molecule has 6 heteroatoms. The molecule has 1 rings (SSSR count). The van der Waals surface area contributed by atoms with E-state index in [1.54, 1.807) is 17.8 Å². The average molecular weight is 309 g/mol. The molecule has 1 aromatic heterocycles. The molecule has 0 aromatic carbocycles. The van der Waals surface area contributed by atoms with E-state index in [9.17, 15) is 0 Å². The molecule has 2 N–H and O–H groups in total. The third-order valence-corrected chi connectivity index (χ3v) is 4.15. The molecular formula is C12H18Cl2N2OS. The van der Waals surface area contributed by atoms with Gasteiger partial charge in [0.25, 0.3) is 0 Å². The largest absolute Gasteiger partial charge is 0.396 e. The number of nitrogens with zero attached hydrogens (tertiary/aromatic N) is 1. The standard InChI is InChI=1S/C12H18Cl2N2OS/c1-3-5-15-11-9(13)7-10(14)12(16-11)18-8(2)4-6-17/h7-8,17H,3-6H2,1-2H3,(H,15,16). The number of thioether (sulfide) groups is 1. The van der Waals surface area contributed by atoms with Gasteiger partial charge in [-0.1, -0.05) is 37.0 Å². The Morgan fingerprint density at radius 2 is 2.17 bits per heavy atom. The van der Waals surface area contributed by atoms with Gasteiger partial charge >= 0.3 is 0 Å². The summed E-state index contributed by atoms with van der Waals surface area (Å²) in [5.74, 6) is 0.668.